The highest BCUT2D eigenvalue weighted by molar-refractivity contribution is 7.89. The van der Waals surface area contributed by atoms with Crippen molar-refractivity contribution in [2.75, 3.05) is 11.9 Å². The lowest BCUT2D eigenvalue weighted by Crippen LogP contribution is -2.26. The molecular formula is C17H20N2O5S. The molecule has 134 valence electrons. The van der Waals surface area contributed by atoms with Crippen molar-refractivity contribution in [3.8, 4) is 11.5 Å². The minimum atomic E-state index is -3.68. The lowest BCUT2D eigenvalue weighted by Gasteiger charge is -2.10. The van der Waals surface area contributed by atoms with E-state index in [0.29, 0.717) is 12.1 Å². The van der Waals surface area contributed by atoms with Crippen LogP contribution >= 0.6 is 0 Å². The Morgan fingerprint density at radius 1 is 1.08 bits per heavy atom. The normalized spacial score (nSPS) is 11.3. The van der Waals surface area contributed by atoms with Gasteiger partial charge in [-0.25, -0.2) is 13.1 Å². The lowest BCUT2D eigenvalue weighted by atomic mass is 10.1. The van der Waals surface area contributed by atoms with Crippen molar-refractivity contribution in [2.45, 2.75) is 25.2 Å². The molecule has 0 saturated carbocycles. The summed E-state index contributed by atoms with van der Waals surface area (Å²) >= 11 is 0. The molecule has 0 atom stereocenters. The molecule has 2 aromatic rings. The maximum atomic E-state index is 12.3. The molecule has 2 rings (SSSR count). The van der Waals surface area contributed by atoms with Crippen molar-refractivity contribution < 1.29 is 23.4 Å². The Bertz CT molecular complexity index is 877. The molecule has 0 radical (unpaired) electrons. The van der Waals surface area contributed by atoms with Crippen LogP contribution in [0, 0.1) is 6.92 Å². The van der Waals surface area contributed by atoms with Crippen molar-refractivity contribution >= 4 is 21.6 Å². The molecule has 0 spiro atoms. The molecule has 0 saturated heterocycles. The largest absolute Gasteiger partial charge is 0.504 e. The van der Waals surface area contributed by atoms with Crippen LogP contribution in [0.5, 0.6) is 11.5 Å². The SMILES string of the molecule is CC(=O)Nc1ccc(S(=O)(=O)NCCc2cc(O)c(O)cc2C)cc1. The Morgan fingerprint density at radius 2 is 1.68 bits per heavy atom. The van der Waals surface area contributed by atoms with E-state index >= 15 is 0 Å². The monoisotopic (exact) mass is 364 g/mol. The van der Waals surface area contributed by atoms with Gasteiger partial charge in [0, 0.05) is 19.2 Å². The van der Waals surface area contributed by atoms with Gasteiger partial charge in [-0.15, -0.1) is 0 Å². The standard InChI is InChI=1S/C17H20N2O5S/c1-11-9-16(21)17(22)10-13(11)7-8-18-25(23,24)15-5-3-14(4-6-15)19-12(2)20/h3-6,9-10,18,21-22H,7-8H2,1-2H3,(H,19,20). The van der Waals surface area contributed by atoms with Gasteiger partial charge in [-0.1, -0.05) is 0 Å². The van der Waals surface area contributed by atoms with Crippen LogP contribution in [0.3, 0.4) is 0 Å². The molecule has 0 unspecified atom stereocenters. The summed E-state index contributed by atoms with van der Waals surface area (Å²) < 4.78 is 27.0. The summed E-state index contributed by atoms with van der Waals surface area (Å²) in [5.74, 6) is -0.681. The van der Waals surface area contributed by atoms with E-state index in [-0.39, 0.29) is 28.8 Å². The number of phenolic OH excluding ortho intramolecular Hbond substituents is 2. The Kier molecular flexibility index (Phi) is 5.66. The molecule has 25 heavy (non-hydrogen) atoms. The summed E-state index contributed by atoms with van der Waals surface area (Å²) in [5.41, 5.74) is 2.01. The summed E-state index contributed by atoms with van der Waals surface area (Å²) in [6.45, 7) is 3.28. The Hall–Kier alpha value is -2.58. The van der Waals surface area contributed by atoms with E-state index in [9.17, 15) is 23.4 Å². The fourth-order valence-electron chi connectivity index (χ4n) is 2.32. The number of rotatable bonds is 6. The number of amides is 1. The number of aryl methyl sites for hydroxylation is 1. The van der Waals surface area contributed by atoms with Crippen LogP contribution in [-0.4, -0.2) is 31.1 Å². The van der Waals surface area contributed by atoms with Crippen molar-refractivity contribution in [3.05, 3.63) is 47.5 Å². The molecule has 0 heterocycles. The summed E-state index contributed by atoms with van der Waals surface area (Å²) in [6.07, 6.45) is 0.364. The van der Waals surface area contributed by atoms with Crippen LogP contribution in [0.2, 0.25) is 0 Å². The summed E-state index contributed by atoms with van der Waals surface area (Å²) in [5, 5.41) is 21.5. The van der Waals surface area contributed by atoms with Crippen LogP contribution in [0.15, 0.2) is 41.3 Å². The third-order valence-electron chi connectivity index (χ3n) is 3.60. The van der Waals surface area contributed by atoms with E-state index in [1.807, 2.05) is 0 Å². The van der Waals surface area contributed by atoms with Gasteiger partial charge >= 0.3 is 0 Å². The van der Waals surface area contributed by atoms with Gasteiger partial charge in [-0.2, -0.15) is 0 Å². The first kappa shape index (κ1) is 18.8. The van der Waals surface area contributed by atoms with Gasteiger partial charge in [0.25, 0.3) is 0 Å². The van der Waals surface area contributed by atoms with E-state index in [4.69, 9.17) is 0 Å². The molecule has 0 aliphatic rings. The third kappa shape index (κ3) is 4.94. The second-order valence-electron chi connectivity index (χ2n) is 5.62. The van der Waals surface area contributed by atoms with Gasteiger partial charge in [0.15, 0.2) is 11.5 Å². The van der Waals surface area contributed by atoms with Gasteiger partial charge in [-0.05, 0) is 60.9 Å². The maximum absolute atomic E-state index is 12.3. The maximum Gasteiger partial charge on any atom is 0.240 e. The van der Waals surface area contributed by atoms with Crippen molar-refractivity contribution in [1.82, 2.24) is 4.72 Å². The zero-order valence-corrected chi connectivity index (χ0v) is 14.7. The highest BCUT2D eigenvalue weighted by atomic mass is 32.2. The molecular weight excluding hydrogens is 344 g/mol. The number of nitrogens with one attached hydrogen (secondary N) is 2. The molecule has 0 aliphatic heterocycles. The number of anilines is 1. The number of benzene rings is 2. The second kappa shape index (κ2) is 7.54. The number of carbonyl (C=O) groups is 1. The summed E-state index contributed by atoms with van der Waals surface area (Å²) in [4.78, 5) is 11.1. The number of aromatic hydroxyl groups is 2. The van der Waals surface area contributed by atoms with E-state index < -0.39 is 10.0 Å². The molecule has 0 bridgehead atoms. The summed E-state index contributed by atoms with van der Waals surface area (Å²) in [6, 6.07) is 8.69. The third-order valence-corrected chi connectivity index (χ3v) is 5.08. The van der Waals surface area contributed by atoms with Crippen LogP contribution in [-0.2, 0) is 21.2 Å². The minimum absolute atomic E-state index is 0.0897. The van der Waals surface area contributed by atoms with Crippen LogP contribution in [0.25, 0.3) is 0 Å². The molecule has 4 N–H and O–H groups in total. The van der Waals surface area contributed by atoms with Crippen LogP contribution in [0.1, 0.15) is 18.1 Å². The Balaban J connectivity index is 2.02. The topological polar surface area (TPSA) is 116 Å². The predicted octanol–water partition coefficient (Wildman–Crippen LogP) is 1.89. The first-order chi connectivity index (χ1) is 11.7. The number of hydrogen-bond donors (Lipinski definition) is 4. The van der Waals surface area contributed by atoms with Gasteiger partial charge in [0.1, 0.15) is 0 Å². The first-order valence-electron chi connectivity index (χ1n) is 7.58. The van der Waals surface area contributed by atoms with Crippen LogP contribution in [0.4, 0.5) is 5.69 Å². The zero-order chi connectivity index (χ0) is 18.6. The van der Waals surface area contributed by atoms with Crippen LogP contribution < -0.4 is 10.0 Å². The number of sulfonamides is 1. The van der Waals surface area contributed by atoms with Gasteiger partial charge in [0.05, 0.1) is 4.90 Å². The Morgan fingerprint density at radius 3 is 2.28 bits per heavy atom. The summed E-state index contributed by atoms with van der Waals surface area (Å²) in [7, 11) is -3.68. The Labute approximate surface area is 146 Å². The molecule has 2 aromatic carbocycles. The smallest absolute Gasteiger partial charge is 0.240 e. The molecule has 0 aromatic heterocycles. The fourth-order valence-corrected chi connectivity index (χ4v) is 3.35. The van der Waals surface area contributed by atoms with Crippen molar-refractivity contribution in [2.24, 2.45) is 0 Å². The average Bonchev–Trinajstić information content (AvgIpc) is 2.52. The van der Waals surface area contributed by atoms with Crippen molar-refractivity contribution in [1.29, 1.82) is 0 Å². The number of carbonyl (C=O) groups excluding carboxylic acids is 1. The quantitative estimate of drug-likeness (QED) is 0.584. The molecule has 7 nitrogen and oxygen atoms in total. The predicted molar refractivity (Wildman–Crippen MR) is 94.1 cm³/mol. The van der Waals surface area contributed by atoms with E-state index in [1.165, 1.54) is 43.3 Å². The molecule has 0 aliphatic carbocycles. The average molecular weight is 364 g/mol. The molecule has 1 amide bonds. The number of phenols is 2. The van der Waals surface area contributed by atoms with E-state index in [1.54, 1.807) is 6.92 Å². The minimum Gasteiger partial charge on any atom is -0.504 e. The lowest BCUT2D eigenvalue weighted by molar-refractivity contribution is -0.114. The molecule has 8 heteroatoms. The number of hydrogen-bond acceptors (Lipinski definition) is 5. The first-order valence-corrected chi connectivity index (χ1v) is 9.06. The van der Waals surface area contributed by atoms with Gasteiger partial charge in [0.2, 0.25) is 15.9 Å². The van der Waals surface area contributed by atoms with Gasteiger partial charge in [-0.3, -0.25) is 4.79 Å². The van der Waals surface area contributed by atoms with Gasteiger partial charge < -0.3 is 15.5 Å². The molecule has 0 fully saturated rings. The zero-order valence-electron chi connectivity index (χ0n) is 13.9. The highest BCUT2D eigenvalue weighted by Gasteiger charge is 2.14. The van der Waals surface area contributed by atoms with E-state index in [0.717, 1.165) is 11.1 Å². The van der Waals surface area contributed by atoms with Crippen molar-refractivity contribution in [3.63, 3.8) is 0 Å². The van der Waals surface area contributed by atoms with E-state index in [2.05, 4.69) is 10.0 Å². The fraction of sp³-hybridized carbons (Fsp3) is 0.235. The second-order valence-corrected chi connectivity index (χ2v) is 7.39. The highest BCUT2D eigenvalue weighted by Crippen LogP contribution is 2.28.